The molecule has 2 heterocycles. The van der Waals surface area contributed by atoms with Gasteiger partial charge in [-0.2, -0.15) is 0 Å². The number of aryl methyl sites for hydroxylation is 1. The van der Waals surface area contributed by atoms with Crippen molar-refractivity contribution in [1.82, 2.24) is 9.55 Å². The Labute approximate surface area is 118 Å². The van der Waals surface area contributed by atoms with Crippen molar-refractivity contribution in [1.29, 1.82) is 0 Å². The molecule has 0 aliphatic heterocycles. The predicted octanol–water partition coefficient (Wildman–Crippen LogP) is 2.82. The Morgan fingerprint density at radius 1 is 1.21 bits per heavy atom. The van der Waals surface area contributed by atoms with Crippen molar-refractivity contribution >= 4 is 22.6 Å². The van der Waals surface area contributed by atoms with Gasteiger partial charge in [0.15, 0.2) is 0 Å². The molecule has 0 N–H and O–H groups in total. The first-order chi connectivity index (χ1) is 9.22. The summed E-state index contributed by atoms with van der Waals surface area (Å²) in [5, 5.41) is 1.73. The Bertz CT molecular complexity index is 539. The molecule has 0 aliphatic carbocycles. The Balaban J connectivity index is 1.92. The summed E-state index contributed by atoms with van der Waals surface area (Å²) in [5.74, 6) is 0. The van der Waals surface area contributed by atoms with E-state index in [1.165, 1.54) is 5.69 Å². The molecule has 0 bridgehead atoms. The van der Waals surface area contributed by atoms with Crippen molar-refractivity contribution < 1.29 is 9.47 Å². The van der Waals surface area contributed by atoms with Crippen LogP contribution in [0.15, 0.2) is 18.3 Å². The number of hydrogen-bond acceptors (Lipinski definition) is 3. The molecule has 0 amide bonds. The van der Waals surface area contributed by atoms with Crippen molar-refractivity contribution in [3.8, 4) is 0 Å². The standard InChI is InChI=1S/C14H19ClN2O2/c1-3-18-6-7-19-5-4-13-9-11-8-12(15)10-16-14(11)17(13)2/h8-10H,3-7H2,1-2H3. The van der Waals surface area contributed by atoms with E-state index in [1.807, 2.05) is 20.0 Å². The Hall–Kier alpha value is -1.10. The van der Waals surface area contributed by atoms with Crippen LogP contribution in [0.4, 0.5) is 0 Å². The van der Waals surface area contributed by atoms with Gasteiger partial charge < -0.3 is 14.0 Å². The fraction of sp³-hybridized carbons (Fsp3) is 0.500. The van der Waals surface area contributed by atoms with Crippen LogP contribution >= 0.6 is 11.6 Å². The third kappa shape index (κ3) is 3.69. The van der Waals surface area contributed by atoms with E-state index in [0.29, 0.717) is 24.8 Å². The molecule has 0 fully saturated rings. The van der Waals surface area contributed by atoms with Crippen LogP contribution in [0.2, 0.25) is 5.02 Å². The van der Waals surface area contributed by atoms with Gasteiger partial charge in [-0.15, -0.1) is 0 Å². The number of aromatic nitrogens is 2. The zero-order valence-electron chi connectivity index (χ0n) is 11.4. The lowest BCUT2D eigenvalue weighted by Crippen LogP contribution is -2.08. The average molecular weight is 283 g/mol. The van der Waals surface area contributed by atoms with E-state index in [1.54, 1.807) is 6.20 Å². The van der Waals surface area contributed by atoms with E-state index in [4.69, 9.17) is 21.1 Å². The maximum Gasteiger partial charge on any atom is 0.139 e. The molecule has 4 nitrogen and oxygen atoms in total. The van der Waals surface area contributed by atoms with Gasteiger partial charge in [0.05, 0.1) is 24.8 Å². The fourth-order valence-corrected chi connectivity index (χ4v) is 2.19. The number of fused-ring (bicyclic) bond motifs is 1. The first kappa shape index (κ1) is 14.3. The molecule has 104 valence electrons. The first-order valence-corrected chi connectivity index (χ1v) is 6.85. The predicted molar refractivity (Wildman–Crippen MR) is 76.7 cm³/mol. The lowest BCUT2D eigenvalue weighted by Gasteiger charge is -2.05. The molecular weight excluding hydrogens is 264 g/mol. The first-order valence-electron chi connectivity index (χ1n) is 6.47. The summed E-state index contributed by atoms with van der Waals surface area (Å²) < 4.78 is 12.8. The summed E-state index contributed by atoms with van der Waals surface area (Å²) in [6.45, 7) is 4.70. The summed E-state index contributed by atoms with van der Waals surface area (Å²) in [5.41, 5.74) is 2.15. The zero-order chi connectivity index (χ0) is 13.7. The van der Waals surface area contributed by atoms with Gasteiger partial charge in [-0.1, -0.05) is 11.6 Å². The fourth-order valence-electron chi connectivity index (χ4n) is 2.03. The number of pyridine rings is 1. The minimum absolute atomic E-state index is 0.641. The monoisotopic (exact) mass is 282 g/mol. The number of ether oxygens (including phenoxy) is 2. The topological polar surface area (TPSA) is 36.3 Å². The highest BCUT2D eigenvalue weighted by Gasteiger charge is 2.07. The van der Waals surface area contributed by atoms with Gasteiger partial charge in [0.25, 0.3) is 0 Å². The highest BCUT2D eigenvalue weighted by molar-refractivity contribution is 6.31. The summed E-state index contributed by atoms with van der Waals surface area (Å²) in [4.78, 5) is 4.34. The van der Waals surface area contributed by atoms with Gasteiger partial charge in [-0.3, -0.25) is 0 Å². The van der Waals surface area contributed by atoms with E-state index >= 15 is 0 Å². The van der Waals surface area contributed by atoms with Crippen LogP contribution in [0, 0.1) is 0 Å². The van der Waals surface area contributed by atoms with Crippen LogP contribution in [0.5, 0.6) is 0 Å². The number of hydrogen-bond donors (Lipinski definition) is 0. The molecule has 0 saturated carbocycles. The van der Waals surface area contributed by atoms with Crippen molar-refractivity contribution in [3.05, 3.63) is 29.0 Å². The Morgan fingerprint density at radius 2 is 2.00 bits per heavy atom. The van der Waals surface area contributed by atoms with E-state index in [0.717, 1.165) is 24.1 Å². The third-order valence-electron chi connectivity index (χ3n) is 3.01. The van der Waals surface area contributed by atoms with Crippen LogP contribution < -0.4 is 0 Å². The van der Waals surface area contributed by atoms with Crippen LogP contribution in [-0.4, -0.2) is 36.0 Å². The molecule has 0 aromatic carbocycles. The van der Waals surface area contributed by atoms with Crippen LogP contribution in [0.3, 0.4) is 0 Å². The molecule has 0 aliphatic rings. The third-order valence-corrected chi connectivity index (χ3v) is 3.22. The van der Waals surface area contributed by atoms with Crippen LogP contribution in [0.1, 0.15) is 12.6 Å². The largest absolute Gasteiger partial charge is 0.379 e. The quantitative estimate of drug-likeness (QED) is 0.733. The van der Waals surface area contributed by atoms with E-state index < -0.39 is 0 Å². The molecule has 2 rings (SSSR count). The molecule has 0 radical (unpaired) electrons. The van der Waals surface area contributed by atoms with Crippen molar-refractivity contribution in [2.75, 3.05) is 26.4 Å². The van der Waals surface area contributed by atoms with E-state index in [9.17, 15) is 0 Å². The molecule has 0 atom stereocenters. The normalized spacial score (nSPS) is 11.3. The van der Waals surface area contributed by atoms with Gasteiger partial charge >= 0.3 is 0 Å². The van der Waals surface area contributed by atoms with Gasteiger partial charge in [0, 0.05) is 37.4 Å². The highest BCUT2D eigenvalue weighted by Crippen LogP contribution is 2.20. The molecule has 0 saturated heterocycles. The second-order valence-corrected chi connectivity index (χ2v) is 4.76. The average Bonchev–Trinajstić information content (AvgIpc) is 2.70. The van der Waals surface area contributed by atoms with Gasteiger partial charge in [0.2, 0.25) is 0 Å². The molecule has 2 aromatic rings. The van der Waals surface area contributed by atoms with Crippen molar-refractivity contribution in [2.24, 2.45) is 7.05 Å². The van der Waals surface area contributed by atoms with Crippen molar-refractivity contribution in [3.63, 3.8) is 0 Å². The number of halogens is 1. The maximum atomic E-state index is 5.95. The molecular formula is C14H19ClN2O2. The molecule has 0 spiro atoms. The molecule has 5 heteroatoms. The minimum atomic E-state index is 0.641. The second-order valence-electron chi connectivity index (χ2n) is 4.32. The lowest BCUT2D eigenvalue weighted by molar-refractivity contribution is 0.0537. The van der Waals surface area contributed by atoms with Crippen molar-refractivity contribution in [2.45, 2.75) is 13.3 Å². The van der Waals surface area contributed by atoms with Gasteiger partial charge in [-0.05, 0) is 19.1 Å². The summed E-state index contributed by atoms with van der Waals surface area (Å²) >= 11 is 5.95. The van der Waals surface area contributed by atoms with Crippen LogP contribution in [0.25, 0.3) is 11.0 Å². The number of rotatable bonds is 7. The van der Waals surface area contributed by atoms with E-state index in [2.05, 4.69) is 15.6 Å². The summed E-state index contributed by atoms with van der Waals surface area (Å²) in [6.07, 6.45) is 2.53. The second kappa shape index (κ2) is 6.89. The maximum absolute atomic E-state index is 5.95. The molecule has 2 aromatic heterocycles. The Morgan fingerprint density at radius 3 is 2.79 bits per heavy atom. The van der Waals surface area contributed by atoms with Gasteiger partial charge in [0.1, 0.15) is 5.65 Å². The lowest BCUT2D eigenvalue weighted by atomic mass is 10.3. The number of nitrogens with zero attached hydrogens (tertiary/aromatic N) is 2. The van der Waals surface area contributed by atoms with Crippen LogP contribution in [-0.2, 0) is 22.9 Å². The summed E-state index contributed by atoms with van der Waals surface area (Å²) in [6, 6.07) is 4.05. The smallest absolute Gasteiger partial charge is 0.139 e. The zero-order valence-corrected chi connectivity index (χ0v) is 12.1. The van der Waals surface area contributed by atoms with E-state index in [-0.39, 0.29) is 0 Å². The summed E-state index contributed by atoms with van der Waals surface area (Å²) in [7, 11) is 2.01. The van der Waals surface area contributed by atoms with Gasteiger partial charge in [-0.25, -0.2) is 4.98 Å². The SMILES string of the molecule is CCOCCOCCc1cc2cc(Cl)cnc2n1C. The minimum Gasteiger partial charge on any atom is -0.379 e. The Kier molecular flexibility index (Phi) is 5.19. The molecule has 0 unspecified atom stereocenters. The molecule has 19 heavy (non-hydrogen) atoms. The highest BCUT2D eigenvalue weighted by atomic mass is 35.5.